The number of carbonyl (C=O) groups excluding carboxylic acids is 1. The Hall–Kier alpha value is -2.21. The van der Waals surface area contributed by atoms with Gasteiger partial charge in [-0.25, -0.2) is 0 Å². The molecule has 0 aromatic heterocycles. The van der Waals surface area contributed by atoms with E-state index in [-0.39, 0.29) is 24.3 Å². The monoisotopic (exact) mass is 381 g/mol. The van der Waals surface area contributed by atoms with Crippen LogP contribution in [-0.2, 0) is 11.2 Å². The van der Waals surface area contributed by atoms with E-state index in [2.05, 4.69) is 6.58 Å². The third kappa shape index (κ3) is 6.26. The SMILES string of the molecule is C=CCc1ccc(OC(=O)CCC2CCN(C(=N)N)CC2)c(OC)c1.Cl. The van der Waals surface area contributed by atoms with Gasteiger partial charge in [0.15, 0.2) is 17.5 Å². The van der Waals surface area contributed by atoms with Crippen molar-refractivity contribution in [3.8, 4) is 11.5 Å². The van der Waals surface area contributed by atoms with Crippen LogP contribution in [0.25, 0.3) is 0 Å². The highest BCUT2D eigenvalue weighted by atomic mass is 35.5. The van der Waals surface area contributed by atoms with E-state index in [1.54, 1.807) is 13.2 Å². The van der Waals surface area contributed by atoms with Crippen LogP contribution < -0.4 is 15.2 Å². The predicted molar refractivity (Wildman–Crippen MR) is 105 cm³/mol. The molecule has 6 nitrogen and oxygen atoms in total. The number of rotatable bonds is 7. The van der Waals surface area contributed by atoms with Gasteiger partial charge in [0.1, 0.15) is 0 Å². The Morgan fingerprint density at radius 1 is 1.38 bits per heavy atom. The van der Waals surface area contributed by atoms with Crippen molar-refractivity contribution in [2.45, 2.75) is 32.1 Å². The molecule has 0 bridgehead atoms. The van der Waals surface area contributed by atoms with Crippen molar-refractivity contribution in [2.75, 3.05) is 20.2 Å². The molecule has 0 radical (unpaired) electrons. The Kier molecular flexibility index (Phi) is 8.99. The maximum absolute atomic E-state index is 12.1. The summed E-state index contributed by atoms with van der Waals surface area (Å²) in [6, 6.07) is 5.53. The third-order valence-corrected chi connectivity index (χ3v) is 4.54. The van der Waals surface area contributed by atoms with E-state index in [0.717, 1.165) is 44.3 Å². The maximum atomic E-state index is 12.1. The minimum atomic E-state index is -0.247. The van der Waals surface area contributed by atoms with Crippen molar-refractivity contribution in [1.29, 1.82) is 5.41 Å². The highest BCUT2D eigenvalue weighted by Gasteiger charge is 2.21. The van der Waals surface area contributed by atoms with Crippen LogP contribution in [0.1, 0.15) is 31.2 Å². The Morgan fingerprint density at radius 2 is 2.08 bits per heavy atom. The van der Waals surface area contributed by atoms with E-state index in [1.807, 2.05) is 23.1 Å². The lowest BCUT2D eigenvalue weighted by Gasteiger charge is -2.31. The lowest BCUT2D eigenvalue weighted by molar-refractivity contribution is -0.134. The Balaban J connectivity index is 0.00000338. The summed E-state index contributed by atoms with van der Waals surface area (Å²) in [6.45, 7) is 5.29. The van der Waals surface area contributed by atoms with Gasteiger partial charge in [-0.05, 0) is 49.3 Å². The van der Waals surface area contributed by atoms with Crippen LogP contribution in [0.3, 0.4) is 0 Å². The largest absolute Gasteiger partial charge is 0.493 e. The molecule has 1 aromatic carbocycles. The molecule has 3 N–H and O–H groups in total. The number of halogens is 1. The molecule has 1 aliphatic rings. The first kappa shape index (κ1) is 21.8. The van der Waals surface area contributed by atoms with Crippen LogP contribution in [-0.4, -0.2) is 37.0 Å². The molecular weight excluding hydrogens is 354 g/mol. The second-order valence-corrected chi connectivity index (χ2v) is 6.31. The van der Waals surface area contributed by atoms with Crippen LogP contribution in [0.4, 0.5) is 0 Å². The first-order valence-electron chi connectivity index (χ1n) is 8.61. The molecule has 26 heavy (non-hydrogen) atoms. The van der Waals surface area contributed by atoms with Crippen LogP contribution in [0.15, 0.2) is 30.9 Å². The number of nitrogens with zero attached hydrogens (tertiary/aromatic N) is 1. The van der Waals surface area contributed by atoms with E-state index in [4.69, 9.17) is 20.6 Å². The number of methoxy groups -OCH3 is 1. The molecule has 1 aromatic rings. The number of nitrogens with one attached hydrogen (secondary N) is 1. The Labute approximate surface area is 161 Å². The molecule has 0 unspecified atom stereocenters. The molecule has 1 fully saturated rings. The molecule has 144 valence electrons. The standard InChI is InChI=1S/C19H27N3O3.ClH/c1-3-4-15-5-7-16(17(13-15)24-2)25-18(23)8-6-14-9-11-22(12-10-14)19(20)21;/h3,5,7,13-14H,1,4,6,8-12H2,2H3,(H3,20,21);1H. The van der Waals surface area contributed by atoms with Crippen LogP contribution in [0.2, 0.25) is 0 Å². The highest BCUT2D eigenvalue weighted by molar-refractivity contribution is 5.85. The van der Waals surface area contributed by atoms with Crippen molar-refractivity contribution in [3.63, 3.8) is 0 Å². The van der Waals surface area contributed by atoms with Gasteiger partial charge in [0.25, 0.3) is 0 Å². The zero-order valence-corrected chi connectivity index (χ0v) is 16.0. The Bertz CT molecular complexity index is 628. The van der Waals surface area contributed by atoms with Gasteiger partial charge < -0.3 is 20.1 Å². The van der Waals surface area contributed by atoms with Gasteiger partial charge in [0.05, 0.1) is 7.11 Å². The van der Waals surface area contributed by atoms with E-state index in [9.17, 15) is 4.79 Å². The maximum Gasteiger partial charge on any atom is 0.311 e. The summed E-state index contributed by atoms with van der Waals surface area (Å²) in [7, 11) is 1.56. The number of allylic oxidation sites excluding steroid dienone is 1. The Morgan fingerprint density at radius 3 is 2.65 bits per heavy atom. The van der Waals surface area contributed by atoms with Gasteiger partial charge in [-0.3, -0.25) is 10.2 Å². The number of benzene rings is 1. The second kappa shape index (κ2) is 10.7. The molecule has 1 heterocycles. The van der Waals surface area contributed by atoms with Crippen LogP contribution in [0.5, 0.6) is 11.5 Å². The molecule has 2 rings (SSSR count). The van der Waals surface area contributed by atoms with Crippen LogP contribution in [0, 0.1) is 11.3 Å². The third-order valence-electron chi connectivity index (χ3n) is 4.54. The quantitative estimate of drug-likeness (QED) is 0.249. The van der Waals surface area contributed by atoms with E-state index < -0.39 is 0 Å². The predicted octanol–water partition coefficient (Wildman–Crippen LogP) is 3.14. The van der Waals surface area contributed by atoms with Gasteiger partial charge in [-0.15, -0.1) is 19.0 Å². The number of guanidine groups is 1. The number of likely N-dealkylation sites (tertiary alicyclic amines) is 1. The second-order valence-electron chi connectivity index (χ2n) is 6.31. The fourth-order valence-corrected chi connectivity index (χ4v) is 3.05. The van der Waals surface area contributed by atoms with Crippen molar-refractivity contribution >= 4 is 24.3 Å². The summed E-state index contributed by atoms with van der Waals surface area (Å²) < 4.78 is 10.8. The summed E-state index contributed by atoms with van der Waals surface area (Å²) in [5.41, 5.74) is 6.55. The van der Waals surface area contributed by atoms with Gasteiger partial charge >= 0.3 is 5.97 Å². The average Bonchev–Trinajstić information content (AvgIpc) is 2.61. The lowest BCUT2D eigenvalue weighted by Crippen LogP contribution is -2.42. The molecule has 0 atom stereocenters. The number of piperidine rings is 1. The first-order chi connectivity index (χ1) is 12.0. The van der Waals surface area contributed by atoms with Crippen LogP contribution >= 0.6 is 12.4 Å². The number of carbonyl (C=O) groups is 1. The molecule has 0 saturated carbocycles. The van der Waals surface area contributed by atoms with Crippen molar-refractivity contribution < 1.29 is 14.3 Å². The average molecular weight is 382 g/mol. The topological polar surface area (TPSA) is 88.6 Å². The smallest absolute Gasteiger partial charge is 0.311 e. The van der Waals surface area contributed by atoms with Crippen molar-refractivity contribution in [3.05, 3.63) is 36.4 Å². The summed E-state index contributed by atoms with van der Waals surface area (Å²) in [5, 5.41) is 7.44. The number of nitrogens with two attached hydrogens (primary N) is 1. The van der Waals surface area contributed by atoms with Crippen molar-refractivity contribution in [2.24, 2.45) is 11.7 Å². The molecule has 1 saturated heterocycles. The fourth-order valence-electron chi connectivity index (χ4n) is 3.05. The van der Waals surface area contributed by atoms with E-state index in [0.29, 0.717) is 23.8 Å². The number of ether oxygens (including phenoxy) is 2. The minimum Gasteiger partial charge on any atom is -0.493 e. The van der Waals surface area contributed by atoms with Gasteiger partial charge in [0, 0.05) is 19.5 Å². The van der Waals surface area contributed by atoms with Gasteiger partial charge in [0.2, 0.25) is 0 Å². The summed E-state index contributed by atoms with van der Waals surface area (Å²) in [6.07, 6.45) is 5.63. The number of esters is 1. The number of hydrogen-bond donors (Lipinski definition) is 2. The molecule has 7 heteroatoms. The first-order valence-corrected chi connectivity index (χ1v) is 8.61. The summed E-state index contributed by atoms with van der Waals surface area (Å²) in [5.74, 6) is 1.36. The van der Waals surface area contributed by atoms with E-state index >= 15 is 0 Å². The van der Waals surface area contributed by atoms with Gasteiger partial charge in [-0.1, -0.05) is 12.1 Å². The zero-order valence-electron chi connectivity index (χ0n) is 15.2. The summed E-state index contributed by atoms with van der Waals surface area (Å²) in [4.78, 5) is 14.0. The molecular formula is C19H28ClN3O3. The van der Waals surface area contributed by atoms with E-state index in [1.165, 1.54) is 0 Å². The molecule has 0 amide bonds. The zero-order chi connectivity index (χ0) is 18.2. The van der Waals surface area contributed by atoms with Gasteiger partial charge in [-0.2, -0.15) is 0 Å². The highest BCUT2D eigenvalue weighted by Crippen LogP contribution is 2.29. The summed E-state index contributed by atoms with van der Waals surface area (Å²) >= 11 is 0. The molecule has 1 aliphatic heterocycles. The minimum absolute atomic E-state index is 0. The normalized spacial score (nSPS) is 14.3. The lowest BCUT2D eigenvalue weighted by atomic mass is 9.92. The molecule has 0 aliphatic carbocycles. The van der Waals surface area contributed by atoms with Crippen molar-refractivity contribution in [1.82, 2.24) is 4.90 Å². The number of hydrogen-bond acceptors (Lipinski definition) is 4. The fraction of sp³-hybridized carbons (Fsp3) is 0.474. The molecule has 0 spiro atoms.